The van der Waals surface area contributed by atoms with E-state index in [1.165, 1.54) is 60.8 Å². The number of anilines is 1. The number of hydrogen-bond donors (Lipinski definition) is 1. The highest BCUT2D eigenvalue weighted by Gasteiger charge is 2.40. The number of hydrogen-bond acceptors (Lipinski definition) is 2. The number of nitrogens with zero attached hydrogens (tertiary/aromatic N) is 2. The molecule has 180 valence electrons. The van der Waals surface area contributed by atoms with Gasteiger partial charge in [0.25, 0.3) is 0 Å². The molecule has 9 rings (SSSR count). The number of para-hydroxylation sites is 2. The predicted molar refractivity (Wildman–Crippen MR) is 158 cm³/mol. The number of benzene rings is 5. The second-order valence-corrected chi connectivity index (χ2v) is 11.3. The van der Waals surface area contributed by atoms with Crippen LogP contribution in [0.4, 0.5) is 11.4 Å². The summed E-state index contributed by atoms with van der Waals surface area (Å²) < 4.78 is 2.50. The van der Waals surface area contributed by atoms with Gasteiger partial charge in [0, 0.05) is 21.8 Å². The summed E-state index contributed by atoms with van der Waals surface area (Å²) in [6.45, 7) is 4.72. The molecule has 1 unspecified atom stereocenters. The number of nitrogens with one attached hydrogen (secondary N) is 1. The molecule has 3 aliphatic rings. The van der Waals surface area contributed by atoms with E-state index in [0.717, 1.165) is 17.1 Å². The Labute approximate surface area is 221 Å². The van der Waals surface area contributed by atoms with Crippen LogP contribution >= 0.6 is 0 Å². The van der Waals surface area contributed by atoms with Crippen molar-refractivity contribution < 1.29 is 0 Å². The molecule has 0 saturated carbocycles. The van der Waals surface area contributed by atoms with Gasteiger partial charge in [0.2, 0.25) is 0 Å². The third-order valence-corrected chi connectivity index (χ3v) is 8.94. The summed E-state index contributed by atoms with van der Waals surface area (Å²) in [5.41, 5.74) is 14.9. The van der Waals surface area contributed by atoms with Crippen molar-refractivity contribution in [2.24, 2.45) is 4.99 Å². The van der Waals surface area contributed by atoms with Crippen LogP contribution in [-0.2, 0) is 5.41 Å². The van der Waals surface area contributed by atoms with E-state index >= 15 is 0 Å². The Morgan fingerprint density at radius 1 is 0.684 bits per heavy atom. The molecular formula is C35H25N3. The van der Waals surface area contributed by atoms with Crippen molar-refractivity contribution in [1.82, 2.24) is 4.57 Å². The zero-order chi connectivity index (χ0) is 25.2. The zero-order valence-electron chi connectivity index (χ0n) is 21.3. The highest BCUT2D eigenvalue weighted by molar-refractivity contribution is 6.26. The van der Waals surface area contributed by atoms with E-state index in [1.54, 1.807) is 0 Å². The van der Waals surface area contributed by atoms with Crippen molar-refractivity contribution in [1.29, 1.82) is 0 Å². The molecule has 0 bridgehead atoms. The first-order valence-corrected chi connectivity index (χ1v) is 13.4. The minimum absolute atomic E-state index is 0.0316. The van der Waals surface area contributed by atoms with E-state index in [9.17, 15) is 0 Å². The Balaban J connectivity index is 1.42. The van der Waals surface area contributed by atoms with Crippen molar-refractivity contribution in [3.8, 4) is 22.3 Å². The molecule has 0 amide bonds. The average molecular weight is 488 g/mol. The Bertz CT molecular complexity index is 2020. The van der Waals surface area contributed by atoms with Gasteiger partial charge in [-0.3, -0.25) is 0 Å². The number of rotatable bonds is 1. The lowest BCUT2D eigenvalue weighted by Crippen LogP contribution is -2.25. The number of aliphatic imine (C=N–C) groups is 1. The van der Waals surface area contributed by atoms with Crippen LogP contribution in [0.5, 0.6) is 0 Å². The lowest BCUT2D eigenvalue weighted by Gasteiger charge is -2.26. The molecule has 2 aliphatic heterocycles. The van der Waals surface area contributed by atoms with Gasteiger partial charge in [0.15, 0.2) is 0 Å². The van der Waals surface area contributed by atoms with Crippen LogP contribution in [0.25, 0.3) is 44.1 Å². The molecule has 1 aliphatic carbocycles. The van der Waals surface area contributed by atoms with Crippen LogP contribution in [0.15, 0.2) is 108 Å². The fourth-order valence-electron chi connectivity index (χ4n) is 7.13. The minimum Gasteiger partial charge on any atom is -0.358 e. The molecule has 1 aromatic heterocycles. The first-order chi connectivity index (χ1) is 18.6. The Kier molecular flexibility index (Phi) is 3.66. The smallest absolute Gasteiger partial charge is 0.148 e. The maximum Gasteiger partial charge on any atom is 0.148 e. The van der Waals surface area contributed by atoms with Crippen molar-refractivity contribution in [2.45, 2.75) is 25.4 Å². The Hall–Kier alpha value is -4.63. The van der Waals surface area contributed by atoms with Crippen LogP contribution in [-0.4, -0.2) is 10.3 Å². The quantitative estimate of drug-likeness (QED) is 0.247. The lowest BCUT2D eigenvalue weighted by molar-refractivity contribution is 0.660. The standard InChI is InChI=1S/C35H25N3/c1-35(2)27-13-7-6-12-22(27)23-18-24-25-16-21(20-10-4-3-5-11-20)17-26-32-34(37-30-15-9-8-14-29(30)36-32)38(33(25)26)31(24)19-28(23)35/h3-19,34,37H,1-2H3. The second-order valence-electron chi connectivity index (χ2n) is 11.3. The molecular weight excluding hydrogens is 462 g/mol. The molecule has 38 heavy (non-hydrogen) atoms. The maximum absolute atomic E-state index is 5.23. The molecule has 5 aromatic carbocycles. The molecule has 3 nitrogen and oxygen atoms in total. The minimum atomic E-state index is -0.0446. The third kappa shape index (κ3) is 2.42. The third-order valence-electron chi connectivity index (χ3n) is 8.94. The monoisotopic (exact) mass is 487 g/mol. The average Bonchev–Trinajstić information content (AvgIpc) is 3.53. The first-order valence-electron chi connectivity index (χ1n) is 13.4. The van der Waals surface area contributed by atoms with Gasteiger partial charge in [-0.25, -0.2) is 4.99 Å². The van der Waals surface area contributed by atoms with Gasteiger partial charge < -0.3 is 9.88 Å². The van der Waals surface area contributed by atoms with Gasteiger partial charge in [-0.15, -0.1) is 0 Å². The summed E-state index contributed by atoms with van der Waals surface area (Å²) in [5.74, 6) is 0. The zero-order valence-corrected chi connectivity index (χ0v) is 21.3. The summed E-state index contributed by atoms with van der Waals surface area (Å²) in [7, 11) is 0. The molecule has 6 aromatic rings. The van der Waals surface area contributed by atoms with E-state index in [2.05, 4.69) is 127 Å². The summed E-state index contributed by atoms with van der Waals surface area (Å²) in [4.78, 5) is 5.23. The molecule has 0 saturated heterocycles. The largest absolute Gasteiger partial charge is 0.358 e. The van der Waals surface area contributed by atoms with Crippen molar-refractivity contribution >= 4 is 38.9 Å². The highest BCUT2D eigenvalue weighted by Crippen LogP contribution is 2.53. The predicted octanol–water partition coefficient (Wildman–Crippen LogP) is 8.83. The molecule has 0 radical (unpaired) electrons. The fraction of sp³-hybridized carbons (Fsp3) is 0.114. The fourth-order valence-corrected chi connectivity index (χ4v) is 7.13. The van der Waals surface area contributed by atoms with Crippen LogP contribution < -0.4 is 5.32 Å². The highest BCUT2D eigenvalue weighted by atomic mass is 15.2. The normalized spacial score (nSPS) is 17.5. The second kappa shape index (κ2) is 6.81. The van der Waals surface area contributed by atoms with E-state index < -0.39 is 0 Å². The Morgan fingerprint density at radius 2 is 1.47 bits per heavy atom. The van der Waals surface area contributed by atoms with Crippen molar-refractivity contribution in [2.75, 3.05) is 5.32 Å². The van der Waals surface area contributed by atoms with Crippen molar-refractivity contribution in [3.63, 3.8) is 0 Å². The van der Waals surface area contributed by atoms with Crippen molar-refractivity contribution in [3.05, 3.63) is 120 Å². The molecule has 0 fully saturated rings. The number of aromatic nitrogens is 1. The first kappa shape index (κ1) is 20.4. The summed E-state index contributed by atoms with van der Waals surface area (Å²) in [5, 5.41) is 6.45. The SMILES string of the molecule is CC1(C)c2ccccc2-c2cc3c4cc(-c5ccccc5)cc5c4n(c3cc21)C1Nc2ccccc2N=C51. The van der Waals surface area contributed by atoms with Gasteiger partial charge in [-0.2, -0.15) is 0 Å². The Morgan fingerprint density at radius 3 is 2.37 bits per heavy atom. The molecule has 1 atom stereocenters. The maximum atomic E-state index is 5.23. The van der Waals surface area contributed by atoms with Gasteiger partial charge in [-0.1, -0.05) is 80.6 Å². The summed E-state index contributed by atoms with van der Waals surface area (Å²) in [6.07, 6.45) is -0.0316. The van der Waals surface area contributed by atoms with E-state index in [-0.39, 0.29) is 11.6 Å². The van der Waals surface area contributed by atoms with Gasteiger partial charge in [0.1, 0.15) is 6.17 Å². The van der Waals surface area contributed by atoms with Crippen LogP contribution in [0.2, 0.25) is 0 Å². The van der Waals surface area contributed by atoms with Gasteiger partial charge in [0.05, 0.1) is 28.1 Å². The van der Waals surface area contributed by atoms with E-state index in [1.807, 2.05) is 0 Å². The van der Waals surface area contributed by atoms with E-state index in [0.29, 0.717) is 0 Å². The van der Waals surface area contributed by atoms with Gasteiger partial charge >= 0.3 is 0 Å². The van der Waals surface area contributed by atoms with Crippen LogP contribution in [0.1, 0.15) is 36.7 Å². The van der Waals surface area contributed by atoms with Gasteiger partial charge in [-0.05, 0) is 69.8 Å². The van der Waals surface area contributed by atoms with E-state index in [4.69, 9.17) is 4.99 Å². The molecule has 1 N–H and O–H groups in total. The molecule has 0 spiro atoms. The van der Waals surface area contributed by atoms with Crippen LogP contribution in [0, 0.1) is 0 Å². The van der Waals surface area contributed by atoms with Crippen LogP contribution in [0.3, 0.4) is 0 Å². The number of fused-ring (bicyclic) bond motifs is 10. The summed E-state index contributed by atoms with van der Waals surface area (Å²) in [6, 6.07) is 37.6. The molecule has 3 heteroatoms. The summed E-state index contributed by atoms with van der Waals surface area (Å²) >= 11 is 0. The lowest BCUT2D eigenvalue weighted by atomic mass is 9.82. The molecule has 3 heterocycles. The topological polar surface area (TPSA) is 29.3 Å².